The number of benzene rings is 1. The van der Waals surface area contributed by atoms with Gasteiger partial charge in [0.1, 0.15) is 11.5 Å². The van der Waals surface area contributed by atoms with Crippen molar-refractivity contribution < 1.29 is 14.2 Å². The molecule has 8 heteroatoms. The molecule has 0 bridgehead atoms. The summed E-state index contributed by atoms with van der Waals surface area (Å²) in [6.07, 6.45) is 2.81. The highest BCUT2D eigenvalue weighted by atomic mass is 16.5. The molecule has 1 atom stereocenters. The van der Waals surface area contributed by atoms with Crippen LogP contribution in [0.5, 0.6) is 17.4 Å². The van der Waals surface area contributed by atoms with E-state index in [9.17, 15) is 0 Å². The molecule has 0 spiro atoms. The summed E-state index contributed by atoms with van der Waals surface area (Å²) in [5, 5.41) is 6.92. The molecule has 1 fully saturated rings. The van der Waals surface area contributed by atoms with E-state index in [0.717, 1.165) is 55.6 Å². The Bertz CT molecular complexity index is 852. The Morgan fingerprint density at radius 3 is 2.55 bits per heavy atom. The zero-order chi connectivity index (χ0) is 22.1. The van der Waals surface area contributed by atoms with Gasteiger partial charge < -0.3 is 24.8 Å². The molecule has 0 amide bonds. The molecular formula is C23H33N5O3. The average Bonchev–Trinajstić information content (AvgIpc) is 3.24. The smallest absolute Gasteiger partial charge is 0.213 e. The van der Waals surface area contributed by atoms with Crippen molar-refractivity contribution in [3.63, 3.8) is 0 Å². The lowest BCUT2D eigenvalue weighted by molar-refractivity contribution is 0.321. The lowest BCUT2D eigenvalue weighted by Gasteiger charge is -2.19. The zero-order valence-corrected chi connectivity index (χ0v) is 18.9. The van der Waals surface area contributed by atoms with E-state index in [4.69, 9.17) is 19.2 Å². The van der Waals surface area contributed by atoms with Gasteiger partial charge in [-0.2, -0.15) is 0 Å². The van der Waals surface area contributed by atoms with Gasteiger partial charge in [-0.1, -0.05) is 0 Å². The summed E-state index contributed by atoms with van der Waals surface area (Å²) >= 11 is 0. The van der Waals surface area contributed by atoms with Crippen molar-refractivity contribution in [2.24, 2.45) is 4.99 Å². The van der Waals surface area contributed by atoms with Crippen molar-refractivity contribution in [1.29, 1.82) is 0 Å². The highest BCUT2D eigenvalue weighted by molar-refractivity contribution is 5.80. The molecule has 168 valence electrons. The van der Waals surface area contributed by atoms with Crippen molar-refractivity contribution in [2.45, 2.75) is 32.5 Å². The summed E-state index contributed by atoms with van der Waals surface area (Å²) in [7, 11) is 4.98. The van der Waals surface area contributed by atoms with Crippen LogP contribution >= 0.6 is 0 Å². The molecule has 0 aliphatic carbocycles. The quantitative estimate of drug-likeness (QED) is 0.470. The van der Waals surface area contributed by atoms with Crippen molar-refractivity contribution in [3.05, 3.63) is 47.7 Å². The van der Waals surface area contributed by atoms with Crippen molar-refractivity contribution in [2.75, 3.05) is 41.0 Å². The predicted molar refractivity (Wildman–Crippen MR) is 122 cm³/mol. The maximum absolute atomic E-state index is 5.39. The molecule has 8 nitrogen and oxygen atoms in total. The second kappa shape index (κ2) is 11.4. The van der Waals surface area contributed by atoms with E-state index >= 15 is 0 Å². The van der Waals surface area contributed by atoms with Crippen LogP contribution in [0.3, 0.4) is 0 Å². The molecule has 0 radical (unpaired) electrons. The number of aliphatic imine (C=N–C) groups is 1. The Labute approximate surface area is 184 Å². The zero-order valence-electron chi connectivity index (χ0n) is 18.9. The topological polar surface area (TPSA) is 80.2 Å². The van der Waals surface area contributed by atoms with E-state index in [1.54, 1.807) is 27.5 Å². The fourth-order valence-corrected chi connectivity index (χ4v) is 3.65. The molecular weight excluding hydrogens is 394 g/mol. The Kier molecular flexibility index (Phi) is 8.35. The minimum atomic E-state index is 0.345. The van der Waals surface area contributed by atoms with E-state index < -0.39 is 0 Å². The van der Waals surface area contributed by atoms with Crippen LogP contribution in [0.2, 0.25) is 0 Å². The van der Waals surface area contributed by atoms with Gasteiger partial charge in [0, 0.05) is 50.6 Å². The summed E-state index contributed by atoms with van der Waals surface area (Å²) in [4.78, 5) is 11.3. The molecule has 1 aromatic heterocycles. The van der Waals surface area contributed by atoms with Gasteiger partial charge in [0.2, 0.25) is 5.88 Å². The predicted octanol–water partition coefficient (Wildman–Crippen LogP) is 2.44. The lowest BCUT2D eigenvalue weighted by atomic mass is 10.2. The molecule has 2 heterocycles. The molecule has 0 saturated carbocycles. The third-order valence-corrected chi connectivity index (χ3v) is 5.20. The summed E-state index contributed by atoms with van der Waals surface area (Å²) in [5.74, 6) is 3.06. The van der Waals surface area contributed by atoms with Gasteiger partial charge in [-0.25, -0.2) is 9.98 Å². The maximum atomic E-state index is 5.39. The third-order valence-electron chi connectivity index (χ3n) is 5.20. The number of ether oxygens (including phenoxy) is 3. The molecule has 31 heavy (non-hydrogen) atoms. The fraction of sp³-hybridized carbons (Fsp3) is 0.478. The Morgan fingerprint density at radius 2 is 1.87 bits per heavy atom. The minimum Gasteiger partial charge on any atom is -0.497 e. The monoisotopic (exact) mass is 427 g/mol. The number of pyridine rings is 1. The molecule has 2 N–H and O–H groups in total. The van der Waals surface area contributed by atoms with Gasteiger partial charge >= 0.3 is 0 Å². The number of rotatable bonds is 9. The number of nitrogens with one attached hydrogen (secondary N) is 2. The van der Waals surface area contributed by atoms with Crippen molar-refractivity contribution in [3.8, 4) is 17.4 Å². The number of likely N-dealkylation sites (tertiary alicyclic amines) is 1. The number of nitrogens with zero attached hydrogens (tertiary/aromatic N) is 3. The van der Waals surface area contributed by atoms with Crippen LogP contribution in [0.25, 0.3) is 0 Å². The van der Waals surface area contributed by atoms with Crippen LogP contribution < -0.4 is 24.8 Å². The van der Waals surface area contributed by atoms with Crippen LogP contribution in [0, 0.1) is 0 Å². The normalized spacial score (nSPS) is 16.8. The number of hydrogen-bond donors (Lipinski definition) is 2. The highest BCUT2D eigenvalue weighted by Crippen LogP contribution is 2.24. The average molecular weight is 428 g/mol. The van der Waals surface area contributed by atoms with Gasteiger partial charge in [-0.05, 0) is 42.7 Å². The molecule has 1 saturated heterocycles. The van der Waals surface area contributed by atoms with Crippen LogP contribution in [0.4, 0.5) is 0 Å². The van der Waals surface area contributed by atoms with E-state index in [0.29, 0.717) is 18.5 Å². The van der Waals surface area contributed by atoms with Gasteiger partial charge in [-0.15, -0.1) is 0 Å². The standard InChI is InChI=1S/C23H33N5O3/c1-5-24-23(26-14-17-6-8-25-22(12-17)31-4)27-19-7-9-28(16-19)15-18-10-20(29-2)13-21(11-18)30-3/h6,8,10-13,19H,5,7,9,14-16H2,1-4H3,(H2,24,26,27). The largest absolute Gasteiger partial charge is 0.497 e. The maximum Gasteiger partial charge on any atom is 0.213 e. The van der Waals surface area contributed by atoms with Gasteiger partial charge in [-0.3, -0.25) is 4.90 Å². The minimum absolute atomic E-state index is 0.345. The molecule has 3 rings (SSSR count). The second-order valence-corrected chi connectivity index (χ2v) is 7.49. The van der Waals surface area contributed by atoms with Crippen molar-refractivity contribution in [1.82, 2.24) is 20.5 Å². The van der Waals surface area contributed by atoms with E-state index in [-0.39, 0.29) is 0 Å². The van der Waals surface area contributed by atoms with Crippen LogP contribution in [-0.2, 0) is 13.1 Å². The number of methoxy groups -OCH3 is 3. The number of aromatic nitrogens is 1. The molecule has 1 aliphatic heterocycles. The Morgan fingerprint density at radius 1 is 1.10 bits per heavy atom. The number of hydrogen-bond acceptors (Lipinski definition) is 6. The third kappa shape index (κ3) is 6.75. The SMILES string of the molecule is CCNC(=NCc1ccnc(OC)c1)NC1CCN(Cc2cc(OC)cc(OC)c2)C1. The van der Waals surface area contributed by atoms with Crippen LogP contribution in [-0.4, -0.2) is 62.8 Å². The molecule has 1 aliphatic rings. The van der Waals surface area contributed by atoms with E-state index in [2.05, 4.69) is 39.6 Å². The van der Waals surface area contributed by atoms with Gasteiger partial charge in [0.25, 0.3) is 0 Å². The first kappa shape index (κ1) is 22.7. The highest BCUT2D eigenvalue weighted by Gasteiger charge is 2.23. The summed E-state index contributed by atoms with van der Waals surface area (Å²) < 4.78 is 16.0. The summed E-state index contributed by atoms with van der Waals surface area (Å²) in [6, 6.07) is 10.2. The van der Waals surface area contributed by atoms with Gasteiger partial charge in [0.05, 0.1) is 27.9 Å². The van der Waals surface area contributed by atoms with E-state index in [1.165, 1.54) is 5.56 Å². The van der Waals surface area contributed by atoms with Gasteiger partial charge in [0.15, 0.2) is 5.96 Å². The fourth-order valence-electron chi connectivity index (χ4n) is 3.65. The molecule has 1 aromatic carbocycles. The second-order valence-electron chi connectivity index (χ2n) is 7.49. The van der Waals surface area contributed by atoms with Crippen molar-refractivity contribution >= 4 is 5.96 Å². The Hall–Kier alpha value is -3.00. The number of guanidine groups is 1. The first-order valence-corrected chi connectivity index (χ1v) is 10.6. The lowest BCUT2D eigenvalue weighted by Crippen LogP contribution is -2.44. The summed E-state index contributed by atoms with van der Waals surface area (Å²) in [5.41, 5.74) is 2.24. The molecule has 2 aromatic rings. The summed E-state index contributed by atoms with van der Waals surface area (Å²) in [6.45, 7) is 6.28. The first-order chi connectivity index (χ1) is 15.1. The first-order valence-electron chi connectivity index (χ1n) is 10.6. The van der Waals surface area contributed by atoms with E-state index in [1.807, 2.05) is 18.2 Å². The molecule has 1 unspecified atom stereocenters. The Balaban J connectivity index is 1.57. The van der Waals surface area contributed by atoms with Crippen LogP contribution in [0.15, 0.2) is 41.5 Å². The van der Waals surface area contributed by atoms with Crippen LogP contribution in [0.1, 0.15) is 24.5 Å².